The van der Waals surface area contributed by atoms with Crippen LogP contribution in [0.2, 0.25) is 0 Å². The number of nitrogens with one attached hydrogen (secondary N) is 1. The van der Waals surface area contributed by atoms with Crippen molar-refractivity contribution in [2.24, 2.45) is 0 Å². The maximum absolute atomic E-state index is 5.85. The monoisotopic (exact) mass is 378 g/mol. The van der Waals surface area contributed by atoms with Crippen LogP contribution in [0.1, 0.15) is 16.7 Å². The molecule has 0 unspecified atom stereocenters. The lowest BCUT2D eigenvalue weighted by Crippen LogP contribution is -2.10. The second-order valence-electron chi connectivity index (χ2n) is 6.45. The van der Waals surface area contributed by atoms with Gasteiger partial charge in [-0.25, -0.2) is 4.98 Å². The van der Waals surface area contributed by atoms with Gasteiger partial charge in [-0.1, -0.05) is 24.3 Å². The number of rotatable bonds is 9. The van der Waals surface area contributed by atoms with Gasteiger partial charge in [0.15, 0.2) is 11.5 Å². The summed E-state index contributed by atoms with van der Waals surface area (Å²) >= 11 is 0. The van der Waals surface area contributed by atoms with Crippen LogP contribution in [-0.4, -0.2) is 25.3 Å². The van der Waals surface area contributed by atoms with Gasteiger partial charge in [0, 0.05) is 12.7 Å². The van der Waals surface area contributed by atoms with Crippen LogP contribution in [-0.2, 0) is 6.54 Å². The number of aryl methyl sites for hydroxylation is 1. The molecule has 1 N–H and O–H groups in total. The number of aromatic nitrogens is 1. The minimum absolute atomic E-state index is 0.440. The molecule has 0 aliphatic rings. The van der Waals surface area contributed by atoms with Gasteiger partial charge < -0.3 is 19.5 Å². The Bertz CT molecular complexity index is 898. The Morgan fingerprint density at radius 2 is 1.68 bits per heavy atom. The van der Waals surface area contributed by atoms with Crippen molar-refractivity contribution in [1.82, 2.24) is 4.98 Å². The SMILES string of the molecule is COc1cc(CNc2ccccn2)ccc1OCCOc1cccc(C)c1C. The largest absolute Gasteiger partial charge is 0.493 e. The van der Waals surface area contributed by atoms with Gasteiger partial charge in [-0.2, -0.15) is 0 Å². The highest BCUT2D eigenvalue weighted by atomic mass is 16.5. The molecule has 1 aromatic heterocycles. The number of hydrogen-bond acceptors (Lipinski definition) is 5. The van der Waals surface area contributed by atoms with Crippen molar-refractivity contribution in [3.63, 3.8) is 0 Å². The molecule has 0 saturated heterocycles. The Hall–Kier alpha value is -3.21. The summed E-state index contributed by atoms with van der Waals surface area (Å²) in [5.41, 5.74) is 3.46. The topological polar surface area (TPSA) is 52.6 Å². The average Bonchev–Trinajstić information content (AvgIpc) is 2.73. The Morgan fingerprint density at radius 3 is 2.43 bits per heavy atom. The van der Waals surface area contributed by atoms with Gasteiger partial charge in [-0.3, -0.25) is 0 Å². The minimum atomic E-state index is 0.440. The van der Waals surface area contributed by atoms with E-state index in [0.29, 0.717) is 31.3 Å². The molecular formula is C23H26N2O3. The fourth-order valence-corrected chi connectivity index (χ4v) is 2.78. The molecule has 0 bridgehead atoms. The second-order valence-corrected chi connectivity index (χ2v) is 6.45. The van der Waals surface area contributed by atoms with Gasteiger partial charge in [-0.05, 0) is 60.9 Å². The van der Waals surface area contributed by atoms with Crippen molar-refractivity contribution < 1.29 is 14.2 Å². The van der Waals surface area contributed by atoms with Gasteiger partial charge in [0.2, 0.25) is 0 Å². The molecule has 0 aliphatic heterocycles. The molecule has 0 radical (unpaired) electrons. The van der Waals surface area contributed by atoms with Crippen LogP contribution in [0.15, 0.2) is 60.8 Å². The summed E-state index contributed by atoms with van der Waals surface area (Å²) in [6.07, 6.45) is 1.76. The minimum Gasteiger partial charge on any atom is -0.493 e. The van der Waals surface area contributed by atoms with E-state index in [1.54, 1.807) is 13.3 Å². The standard InChI is InChI=1S/C23H26N2O3/c1-17-7-6-8-20(18(17)2)27-13-14-28-21-11-10-19(15-22(21)26-3)16-25-23-9-4-5-12-24-23/h4-12,15H,13-14,16H2,1-3H3,(H,24,25). The normalized spacial score (nSPS) is 10.4. The second kappa shape index (κ2) is 9.65. The molecule has 146 valence electrons. The van der Waals surface area contributed by atoms with E-state index < -0.39 is 0 Å². The first-order valence-electron chi connectivity index (χ1n) is 9.31. The first kappa shape index (κ1) is 19.5. The maximum Gasteiger partial charge on any atom is 0.161 e. The molecule has 1 heterocycles. The van der Waals surface area contributed by atoms with Crippen LogP contribution < -0.4 is 19.5 Å². The predicted molar refractivity (Wildman–Crippen MR) is 111 cm³/mol. The zero-order valence-electron chi connectivity index (χ0n) is 16.6. The summed E-state index contributed by atoms with van der Waals surface area (Å²) in [7, 11) is 1.64. The van der Waals surface area contributed by atoms with Crippen LogP contribution in [0.5, 0.6) is 17.2 Å². The number of methoxy groups -OCH3 is 1. The summed E-state index contributed by atoms with van der Waals surface area (Å²) in [6, 6.07) is 17.7. The van der Waals surface area contributed by atoms with Gasteiger partial charge in [-0.15, -0.1) is 0 Å². The molecular weight excluding hydrogens is 352 g/mol. The Balaban J connectivity index is 1.53. The van der Waals surface area contributed by atoms with Crippen molar-refractivity contribution in [2.75, 3.05) is 25.6 Å². The Labute approximate surface area is 166 Å². The summed E-state index contributed by atoms with van der Waals surface area (Å²) < 4.78 is 17.2. The van der Waals surface area contributed by atoms with Crippen LogP contribution in [0.25, 0.3) is 0 Å². The van der Waals surface area contributed by atoms with Crippen LogP contribution in [0, 0.1) is 13.8 Å². The number of anilines is 1. The molecule has 5 heteroatoms. The molecule has 5 nitrogen and oxygen atoms in total. The maximum atomic E-state index is 5.85. The highest BCUT2D eigenvalue weighted by molar-refractivity contribution is 5.44. The van der Waals surface area contributed by atoms with Crippen molar-refractivity contribution in [3.8, 4) is 17.2 Å². The lowest BCUT2D eigenvalue weighted by atomic mass is 10.1. The fourth-order valence-electron chi connectivity index (χ4n) is 2.78. The average molecular weight is 378 g/mol. The number of benzene rings is 2. The van der Waals surface area contributed by atoms with Crippen molar-refractivity contribution in [2.45, 2.75) is 20.4 Å². The first-order chi connectivity index (χ1) is 13.7. The van der Waals surface area contributed by atoms with E-state index in [0.717, 1.165) is 22.7 Å². The van der Waals surface area contributed by atoms with Crippen molar-refractivity contribution >= 4 is 5.82 Å². The Kier molecular flexibility index (Phi) is 6.73. The summed E-state index contributed by atoms with van der Waals surface area (Å²) in [4.78, 5) is 4.26. The highest BCUT2D eigenvalue weighted by Crippen LogP contribution is 2.28. The van der Waals surface area contributed by atoms with Crippen molar-refractivity contribution in [1.29, 1.82) is 0 Å². The quantitative estimate of drug-likeness (QED) is 0.543. The number of nitrogens with zero attached hydrogens (tertiary/aromatic N) is 1. The third-order valence-corrected chi connectivity index (χ3v) is 4.52. The van der Waals surface area contributed by atoms with Crippen LogP contribution >= 0.6 is 0 Å². The third-order valence-electron chi connectivity index (χ3n) is 4.52. The smallest absolute Gasteiger partial charge is 0.161 e. The molecule has 0 fully saturated rings. The molecule has 0 saturated carbocycles. The molecule has 28 heavy (non-hydrogen) atoms. The van der Waals surface area contributed by atoms with Gasteiger partial charge in [0.25, 0.3) is 0 Å². The molecule has 0 aliphatic carbocycles. The molecule has 2 aromatic carbocycles. The summed E-state index contributed by atoms with van der Waals surface area (Å²) in [6.45, 7) is 5.70. The van der Waals surface area contributed by atoms with Gasteiger partial charge in [0.1, 0.15) is 24.8 Å². The van der Waals surface area contributed by atoms with Crippen molar-refractivity contribution in [3.05, 3.63) is 77.5 Å². The van der Waals surface area contributed by atoms with E-state index in [2.05, 4.69) is 30.2 Å². The van der Waals surface area contributed by atoms with Crippen LogP contribution in [0.3, 0.4) is 0 Å². The lowest BCUT2D eigenvalue weighted by Gasteiger charge is -2.14. The van der Waals surface area contributed by atoms with Gasteiger partial charge >= 0.3 is 0 Å². The first-order valence-corrected chi connectivity index (χ1v) is 9.31. The summed E-state index contributed by atoms with van der Waals surface area (Å²) in [5, 5.41) is 3.28. The highest BCUT2D eigenvalue weighted by Gasteiger charge is 2.07. The number of hydrogen-bond donors (Lipinski definition) is 1. The van der Waals surface area contributed by atoms with E-state index in [-0.39, 0.29) is 0 Å². The van der Waals surface area contributed by atoms with E-state index in [1.165, 1.54) is 5.56 Å². The van der Waals surface area contributed by atoms with Crippen LogP contribution in [0.4, 0.5) is 5.82 Å². The third kappa shape index (κ3) is 5.16. The number of ether oxygens (including phenoxy) is 3. The summed E-state index contributed by atoms with van der Waals surface area (Å²) in [5.74, 6) is 3.14. The molecule has 3 aromatic rings. The van der Waals surface area contributed by atoms with E-state index in [1.807, 2.05) is 48.5 Å². The molecule has 3 rings (SSSR count). The zero-order valence-corrected chi connectivity index (χ0v) is 16.6. The molecule has 0 atom stereocenters. The van der Waals surface area contributed by atoms with Gasteiger partial charge in [0.05, 0.1) is 7.11 Å². The van der Waals surface area contributed by atoms with E-state index >= 15 is 0 Å². The molecule has 0 spiro atoms. The number of pyridine rings is 1. The fraction of sp³-hybridized carbons (Fsp3) is 0.261. The predicted octanol–water partition coefficient (Wildman–Crippen LogP) is 4.78. The Morgan fingerprint density at radius 1 is 0.857 bits per heavy atom. The zero-order chi connectivity index (χ0) is 19.8. The molecule has 0 amide bonds. The van der Waals surface area contributed by atoms with E-state index in [4.69, 9.17) is 14.2 Å². The lowest BCUT2D eigenvalue weighted by molar-refractivity contribution is 0.210. The van der Waals surface area contributed by atoms with E-state index in [9.17, 15) is 0 Å².